The van der Waals surface area contributed by atoms with Gasteiger partial charge in [-0.05, 0) is 30.0 Å². The minimum absolute atomic E-state index is 0.138. The molecule has 1 aromatic carbocycles. The van der Waals surface area contributed by atoms with Gasteiger partial charge in [0.15, 0.2) is 0 Å². The molecule has 2 rings (SSSR count). The lowest BCUT2D eigenvalue weighted by atomic mass is 10.0. The van der Waals surface area contributed by atoms with Gasteiger partial charge < -0.3 is 19.4 Å². The molecule has 0 unspecified atom stereocenters. The third-order valence-electron chi connectivity index (χ3n) is 3.43. The fourth-order valence-electron chi connectivity index (χ4n) is 2.38. The molecule has 0 aliphatic rings. The molecule has 0 amide bonds. The Bertz CT molecular complexity index is 707. The van der Waals surface area contributed by atoms with Gasteiger partial charge in [-0.2, -0.15) is 0 Å². The van der Waals surface area contributed by atoms with Crippen LogP contribution in [0.3, 0.4) is 0 Å². The highest BCUT2D eigenvalue weighted by Crippen LogP contribution is 2.28. The summed E-state index contributed by atoms with van der Waals surface area (Å²) in [6, 6.07) is 3.50. The van der Waals surface area contributed by atoms with Gasteiger partial charge in [-0.25, -0.2) is 0 Å². The van der Waals surface area contributed by atoms with Crippen LogP contribution in [0, 0.1) is 10.1 Å². The van der Waals surface area contributed by atoms with E-state index in [-0.39, 0.29) is 22.8 Å². The molecule has 108 valence electrons. The van der Waals surface area contributed by atoms with E-state index in [1.54, 1.807) is 12.1 Å². The topological polar surface area (TPSA) is 69.4 Å². The highest BCUT2D eigenvalue weighted by Gasteiger charge is 2.25. The second-order valence-electron chi connectivity index (χ2n) is 4.42. The number of rotatable bonds is 4. The average Bonchev–Trinajstić information content (AvgIpc) is 2.48. The number of aromatic nitrogens is 2. The summed E-state index contributed by atoms with van der Waals surface area (Å²) < 4.78 is 11.2. The molecule has 0 atom stereocenters. The smallest absolute Gasteiger partial charge is 0.483 e. The Labute approximate surface area is 116 Å². The monoisotopic (exact) mass is 278 g/mol. The summed E-state index contributed by atoms with van der Waals surface area (Å²) in [7, 11) is 2.67. The van der Waals surface area contributed by atoms with Crippen LogP contribution in [0.1, 0.15) is 25.0 Å². The van der Waals surface area contributed by atoms with E-state index in [1.165, 1.54) is 14.2 Å². The summed E-state index contributed by atoms with van der Waals surface area (Å²) in [5, 5.41) is 12.3. The summed E-state index contributed by atoms with van der Waals surface area (Å²) in [5.74, 6) is -0.275. The number of benzene rings is 1. The summed E-state index contributed by atoms with van der Waals surface area (Å²) in [4.78, 5) is 12.3. The van der Waals surface area contributed by atoms with Crippen molar-refractivity contribution in [3.63, 3.8) is 0 Å². The third kappa shape index (κ3) is 1.97. The lowest BCUT2D eigenvalue weighted by molar-refractivity contribution is -0.476. The Balaban J connectivity index is 2.96. The second-order valence-corrected chi connectivity index (χ2v) is 4.42. The van der Waals surface area contributed by atoms with Crippen LogP contribution in [0.15, 0.2) is 12.1 Å². The number of aryl methyl sites for hydroxylation is 2. The van der Waals surface area contributed by atoms with E-state index in [1.807, 2.05) is 13.8 Å². The van der Waals surface area contributed by atoms with Crippen molar-refractivity contribution < 1.29 is 13.9 Å². The quantitative estimate of drug-likeness (QED) is 0.802. The van der Waals surface area contributed by atoms with Crippen LogP contribution in [-0.4, -0.2) is 19.0 Å². The Kier molecular flexibility index (Phi) is 3.83. The highest BCUT2D eigenvalue weighted by atomic mass is 16.6. The lowest BCUT2D eigenvalue weighted by Crippen LogP contribution is -2.23. The number of hydrogen-bond acceptors (Lipinski definition) is 4. The van der Waals surface area contributed by atoms with Crippen molar-refractivity contribution >= 4 is 11.0 Å². The molecule has 20 heavy (non-hydrogen) atoms. The highest BCUT2D eigenvalue weighted by molar-refractivity contribution is 5.75. The van der Waals surface area contributed by atoms with Crippen molar-refractivity contribution in [2.24, 2.45) is 0 Å². The second kappa shape index (κ2) is 5.40. The van der Waals surface area contributed by atoms with E-state index in [0.717, 1.165) is 24.0 Å². The van der Waals surface area contributed by atoms with E-state index in [0.29, 0.717) is 9.16 Å². The zero-order valence-corrected chi connectivity index (χ0v) is 12.1. The fraction of sp³-hybridized carbons (Fsp3) is 0.429. The van der Waals surface area contributed by atoms with Crippen molar-refractivity contribution in [1.82, 2.24) is 4.73 Å². The SMILES string of the molecule is CCc1cc2c(cc1CC)[n+](=O)c(OC)c(OC)n2[O-]. The van der Waals surface area contributed by atoms with Crippen molar-refractivity contribution in [3.05, 3.63) is 33.4 Å². The van der Waals surface area contributed by atoms with E-state index >= 15 is 0 Å². The van der Waals surface area contributed by atoms with Gasteiger partial charge in [0.05, 0.1) is 14.2 Å². The molecule has 6 heteroatoms. The van der Waals surface area contributed by atoms with E-state index in [2.05, 4.69) is 0 Å². The van der Waals surface area contributed by atoms with Crippen molar-refractivity contribution in [3.8, 4) is 11.8 Å². The van der Waals surface area contributed by atoms with Crippen LogP contribution in [0.4, 0.5) is 0 Å². The van der Waals surface area contributed by atoms with Crippen LogP contribution >= 0.6 is 0 Å². The molecule has 0 fully saturated rings. The van der Waals surface area contributed by atoms with E-state index < -0.39 is 0 Å². The van der Waals surface area contributed by atoms with Crippen molar-refractivity contribution in [1.29, 1.82) is 0 Å². The first-order valence-electron chi connectivity index (χ1n) is 6.51. The van der Waals surface area contributed by atoms with Gasteiger partial charge in [-0.3, -0.25) is 0 Å². The molecule has 0 aliphatic carbocycles. The Morgan fingerprint density at radius 1 is 1.15 bits per heavy atom. The number of hydrogen-bond donors (Lipinski definition) is 0. The molecule has 0 saturated carbocycles. The van der Waals surface area contributed by atoms with Crippen LogP contribution in [0.2, 0.25) is 0 Å². The Hall–Kier alpha value is -2.24. The first-order valence-corrected chi connectivity index (χ1v) is 6.51. The van der Waals surface area contributed by atoms with E-state index in [9.17, 15) is 10.1 Å². The number of methoxy groups -OCH3 is 2. The van der Waals surface area contributed by atoms with Crippen LogP contribution in [0.5, 0.6) is 11.8 Å². The molecule has 1 aromatic heterocycles. The third-order valence-corrected chi connectivity index (χ3v) is 3.43. The molecule has 2 aromatic rings. The molecule has 6 nitrogen and oxygen atoms in total. The maximum absolute atomic E-state index is 12.3. The summed E-state index contributed by atoms with van der Waals surface area (Å²) in [6.07, 6.45) is 1.60. The zero-order chi connectivity index (χ0) is 14.9. The molecule has 0 N–H and O–H groups in total. The fourth-order valence-corrected chi connectivity index (χ4v) is 2.38. The normalized spacial score (nSPS) is 10.8. The summed E-state index contributed by atoms with van der Waals surface area (Å²) in [5.41, 5.74) is 2.67. The molecule has 1 heterocycles. The van der Waals surface area contributed by atoms with Gasteiger partial charge in [0, 0.05) is 11.0 Å². The van der Waals surface area contributed by atoms with Gasteiger partial charge in [0.2, 0.25) is 0 Å². The molecular formula is C14H18N2O4. The number of ether oxygens (including phenoxy) is 2. The minimum atomic E-state index is -0.138. The maximum atomic E-state index is 12.3. The van der Waals surface area contributed by atoms with Gasteiger partial charge >= 0.3 is 11.8 Å². The molecule has 0 radical (unpaired) electrons. The first kappa shape index (κ1) is 14.2. The Morgan fingerprint density at radius 2 is 1.75 bits per heavy atom. The Morgan fingerprint density at radius 3 is 2.25 bits per heavy atom. The molecule has 0 bridgehead atoms. The number of fused-ring (bicyclic) bond motifs is 1. The van der Waals surface area contributed by atoms with Crippen LogP contribution < -0.4 is 13.9 Å². The van der Waals surface area contributed by atoms with Crippen molar-refractivity contribution in [2.75, 3.05) is 14.2 Å². The summed E-state index contributed by atoms with van der Waals surface area (Å²) >= 11 is 0. The molecule has 0 saturated heterocycles. The molecular weight excluding hydrogens is 260 g/mol. The molecule has 0 spiro atoms. The standard InChI is InChI=1S/C14H18N2O4/c1-5-9-7-11-12(8-10(9)6-2)16(18)14(20-4)13(19-3)15(11)17/h7-8H,5-6H2,1-4H3. The first-order chi connectivity index (χ1) is 9.58. The van der Waals surface area contributed by atoms with Gasteiger partial charge in [-0.15, -0.1) is 0 Å². The van der Waals surface area contributed by atoms with Crippen LogP contribution in [0.25, 0.3) is 11.0 Å². The van der Waals surface area contributed by atoms with E-state index in [4.69, 9.17) is 9.47 Å². The maximum Gasteiger partial charge on any atom is 0.483 e. The minimum Gasteiger partial charge on any atom is -0.803 e. The predicted molar refractivity (Wildman–Crippen MR) is 75.9 cm³/mol. The molecule has 0 aliphatic heterocycles. The zero-order valence-electron chi connectivity index (χ0n) is 12.1. The predicted octanol–water partition coefficient (Wildman–Crippen LogP) is 2.04. The van der Waals surface area contributed by atoms with Crippen molar-refractivity contribution in [2.45, 2.75) is 26.7 Å². The number of nitrogens with zero attached hydrogens (tertiary/aromatic N) is 2. The van der Waals surface area contributed by atoms with Gasteiger partial charge in [0.1, 0.15) is 9.94 Å². The lowest BCUT2D eigenvalue weighted by Gasteiger charge is -2.17. The van der Waals surface area contributed by atoms with Gasteiger partial charge in [0.25, 0.3) is 5.52 Å². The average molecular weight is 278 g/mol. The summed E-state index contributed by atoms with van der Waals surface area (Å²) in [6.45, 7) is 4.03. The van der Waals surface area contributed by atoms with Gasteiger partial charge in [-0.1, -0.05) is 13.8 Å². The van der Waals surface area contributed by atoms with Crippen LogP contribution in [-0.2, 0) is 12.8 Å². The largest absolute Gasteiger partial charge is 0.803 e.